The van der Waals surface area contributed by atoms with Crippen molar-refractivity contribution < 1.29 is 0 Å². The Balaban J connectivity index is 1.98. The Kier molecular flexibility index (Phi) is 2.69. The first-order valence-corrected chi connectivity index (χ1v) is 5.01. The first-order chi connectivity index (χ1) is 6.77. The average molecular weight is 195 g/mol. The van der Waals surface area contributed by atoms with Gasteiger partial charge in [0, 0.05) is 31.7 Å². The maximum atomic E-state index is 5.68. The zero-order valence-corrected chi connectivity index (χ0v) is 8.40. The van der Waals surface area contributed by atoms with Crippen LogP contribution in [0.15, 0.2) is 12.3 Å². The molecule has 0 saturated carbocycles. The predicted molar refractivity (Wildman–Crippen MR) is 56.3 cm³/mol. The third-order valence-electron chi connectivity index (χ3n) is 2.38. The second-order valence-corrected chi connectivity index (χ2v) is 3.83. The molecule has 0 spiro atoms. The standard InChI is InChI=1S/C9H17N5/c1-7(10)4-12-9-2-3-13-14(9)8-5-11-6-8/h2-3,7-8,11-12H,4-6,10H2,1H3/t7-/m1/s1. The Hall–Kier alpha value is -1.07. The lowest BCUT2D eigenvalue weighted by atomic mass is 10.2. The molecule has 1 saturated heterocycles. The molecule has 14 heavy (non-hydrogen) atoms. The lowest BCUT2D eigenvalue weighted by Gasteiger charge is -2.29. The summed E-state index contributed by atoms with van der Waals surface area (Å²) in [5.41, 5.74) is 5.68. The van der Waals surface area contributed by atoms with Crippen LogP contribution in [0.25, 0.3) is 0 Å². The van der Waals surface area contributed by atoms with E-state index in [2.05, 4.69) is 15.7 Å². The van der Waals surface area contributed by atoms with Gasteiger partial charge in [-0.1, -0.05) is 0 Å². The van der Waals surface area contributed by atoms with Crippen LogP contribution in [0.2, 0.25) is 0 Å². The minimum atomic E-state index is 0.165. The van der Waals surface area contributed by atoms with Crippen LogP contribution in [0, 0.1) is 0 Å². The van der Waals surface area contributed by atoms with Gasteiger partial charge in [-0.05, 0) is 6.92 Å². The van der Waals surface area contributed by atoms with E-state index in [4.69, 9.17) is 5.73 Å². The molecule has 0 aromatic carbocycles. The molecular weight excluding hydrogens is 178 g/mol. The number of aromatic nitrogens is 2. The number of rotatable bonds is 4. The van der Waals surface area contributed by atoms with Crippen molar-refractivity contribution in [2.75, 3.05) is 25.0 Å². The highest BCUT2D eigenvalue weighted by molar-refractivity contribution is 5.35. The quantitative estimate of drug-likeness (QED) is 0.621. The topological polar surface area (TPSA) is 67.9 Å². The summed E-state index contributed by atoms with van der Waals surface area (Å²) in [5.74, 6) is 1.06. The summed E-state index contributed by atoms with van der Waals surface area (Å²) >= 11 is 0. The number of hydrogen-bond acceptors (Lipinski definition) is 4. The van der Waals surface area contributed by atoms with Crippen LogP contribution >= 0.6 is 0 Å². The second-order valence-electron chi connectivity index (χ2n) is 3.83. The van der Waals surface area contributed by atoms with Crippen molar-refractivity contribution >= 4 is 5.82 Å². The SMILES string of the molecule is C[C@@H](N)CNc1ccnn1C1CNC1. The smallest absolute Gasteiger partial charge is 0.124 e. The van der Waals surface area contributed by atoms with E-state index in [-0.39, 0.29) is 6.04 Å². The van der Waals surface area contributed by atoms with Crippen LogP contribution in [0.4, 0.5) is 5.82 Å². The Morgan fingerprint density at radius 2 is 2.57 bits per heavy atom. The van der Waals surface area contributed by atoms with Crippen molar-refractivity contribution in [3.8, 4) is 0 Å². The zero-order valence-electron chi connectivity index (χ0n) is 8.40. The highest BCUT2D eigenvalue weighted by atomic mass is 15.4. The van der Waals surface area contributed by atoms with Gasteiger partial charge in [0.05, 0.1) is 12.2 Å². The van der Waals surface area contributed by atoms with E-state index in [0.717, 1.165) is 25.5 Å². The van der Waals surface area contributed by atoms with Crippen molar-refractivity contribution in [3.05, 3.63) is 12.3 Å². The fraction of sp³-hybridized carbons (Fsp3) is 0.667. The van der Waals surface area contributed by atoms with Crippen LogP contribution in [0.3, 0.4) is 0 Å². The molecule has 0 radical (unpaired) electrons. The molecule has 1 aromatic heterocycles. The fourth-order valence-electron chi connectivity index (χ4n) is 1.46. The molecule has 1 atom stereocenters. The molecule has 0 unspecified atom stereocenters. The van der Waals surface area contributed by atoms with Crippen LogP contribution in [0.1, 0.15) is 13.0 Å². The van der Waals surface area contributed by atoms with Gasteiger partial charge in [-0.25, -0.2) is 4.68 Å². The molecule has 1 aliphatic heterocycles. The summed E-state index contributed by atoms with van der Waals surface area (Å²) < 4.78 is 2.03. The summed E-state index contributed by atoms with van der Waals surface area (Å²) in [6, 6.07) is 2.65. The largest absolute Gasteiger partial charge is 0.369 e. The van der Waals surface area contributed by atoms with Crippen LogP contribution < -0.4 is 16.4 Å². The Morgan fingerprint density at radius 1 is 1.79 bits per heavy atom. The highest BCUT2D eigenvalue weighted by Gasteiger charge is 2.21. The van der Waals surface area contributed by atoms with Gasteiger partial charge in [-0.2, -0.15) is 5.10 Å². The maximum absolute atomic E-state index is 5.68. The fourth-order valence-corrected chi connectivity index (χ4v) is 1.46. The van der Waals surface area contributed by atoms with Gasteiger partial charge in [0.2, 0.25) is 0 Å². The number of hydrogen-bond donors (Lipinski definition) is 3. The van der Waals surface area contributed by atoms with E-state index in [1.165, 1.54) is 0 Å². The first-order valence-electron chi connectivity index (χ1n) is 5.01. The Bertz CT molecular complexity index is 289. The van der Waals surface area contributed by atoms with Crippen molar-refractivity contribution in [1.29, 1.82) is 0 Å². The van der Waals surface area contributed by atoms with Gasteiger partial charge < -0.3 is 16.4 Å². The third kappa shape index (κ3) is 1.88. The minimum absolute atomic E-state index is 0.165. The average Bonchev–Trinajstić information content (AvgIpc) is 2.46. The summed E-state index contributed by atoms with van der Waals surface area (Å²) in [7, 11) is 0. The van der Waals surface area contributed by atoms with E-state index < -0.39 is 0 Å². The number of anilines is 1. The normalized spacial score (nSPS) is 19.0. The van der Waals surface area contributed by atoms with E-state index in [9.17, 15) is 0 Å². The van der Waals surface area contributed by atoms with E-state index in [1.807, 2.05) is 23.9 Å². The molecule has 2 heterocycles. The first kappa shape index (κ1) is 9.48. The predicted octanol–water partition coefficient (Wildman–Crippen LogP) is -0.213. The molecule has 0 amide bonds. The molecule has 0 bridgehead atoms. The van der Waals surface area contributed by atoms with Gasteiger partial charge in [-0.3, -0.25) is 0 Å². The third-order valence-corrected chi connectivity index (χ3v) is 2.38. The van der Waals surface area contributed by atoms with Crippen molar-refractivity contribution in [2.45, 2.75) is 19.0 Å². The van der Waals surface area contributed by atoms with E-state index in [1.54, 1.807) is 0 Å². The molecule has 1 fully saturated rings. The Morgan fingerprint density at radius 3 is 3.14 bits per heavy atom. The van der Waals surface area contributed by atoms with Gasteiger partial charge in [0.1, 0.15) is 5.82 Å². The summed E-state index contributed by atoms with van der Waals surface area (Å²) in [6.45, 7) is 4.79. The summed E-state index contributed by atoms with van der Waals surface area (Å²) in [5, 5.41) is 10.8. The molecular formula is C9H17N5. The molecule has 1 aromatic rings. The molecule has 78 valence electrons. The lowest BCUT2D eigenvalue weighted by molar-refractivity contribution is 0.321. The molecule has 5 heteroatoms. The number of nitrogens with one attached hydrogen (secondary N) is 2. The number of nitrogens with zero attached hydrogens (tertiary/aromatic N) is 2. The van der Waals surface area contributed by atoms with Crippen molar-refractivity contribution in [3.63, 3.8) is 0 Å². The molecule has 0 aliphatic carbocycles. The van der Waals surface area contributed by atoms with Gasteiger partial charge in [-0.15, -0.1) is 0 Å². The highest BCUT2D eigenvalue weighted by Crippen LogP contribution is 2.16. The second kappa shape index (κ2) is 3.98. The maximum Gasteiger partial charge on any atom is 0.124 e. The van der Waals surface area contributed by atoms with E-state index >= 15 is 0 Å². The summed E-state index contributed by atoms with van der Waals surface area (Å²) in [6.07, 6.45) is 1.82. The molecule has 5 nitrogen and oxygen atoms in total. The van der Waals surface area contributed by atoms with Gasteiger partial charge >= 0.3 is 0 Å². The zero-order chi connectivity index (χ0) is 9.97. The Labute approximate surface area is 83.7 Å². The van der Waals surface area contributed by atoms with Crippen LogP contribution in [-0.4, -0.2) is 35.5 Å². The number of nitrogens with two attached hydrogens (primary N) is 1. The van der Waals surface area contributed by atoms with E-state index in [0.29, 0.717) is 6.04 Å². The molecule has 1 aliphatic rings. The summed E-state index contributed by atoms with van der Waals surface area (Å²) in [4.78, 5) is 0. The van der Waals surface area contributed by atoms with Crippen molar-refractivity contribution in [1.82, 2.24) is 15.1 Å². The molecule has 4 N–H and O–H groups in total. The van der Waals surface area contributed by atoms with Crippen LogP contribution in [-0.2, 0) is 0 Å². The van der Waals surface area contributed by atoms with Crippen molar-refractivity contribution in [2.24, 2.45) is 5.73 Å². The van der Waals surface area contributed by atoms with Gasteiger partial charge in [0.25, 0.3) is 0 Å². The molecule has 2 rings (SSSR count). The monoisotopic (exact) mass is 195 g/mol. The lowest BCUT2D eigenvalue weighted by Crippen LogP contribution is -2.44. The van der Waals surface area contributed by atoms with Crippen LogP contribution in [0.5, 0.6) is 0 Å². The minimum Gasteiger partial charge on any atom is -0.369 e. The van der Waals surface area contributed by atoms with Gasteiger partial charge in [0.15, 0.2) is 0 Å².